The Hall–Kier alpha value is -1.47. The Bertz CT molecular complexity index is 579. The summed E-state index contributed by atoms with van der Waals surface area (Å²) < 4.78 is 43.4. The van der Waals surface area contributed by atoms with E-state index in [0.29, 0.717) is 16.3 Å². The summed E-state index contributed by atoms with van der Waals surface area (Å²) >= 11 is 6.01. The predicted molar refractivity (Wildman–Crippen MR) is 73.9 cm³/mol. The van der Waals surface area contributed by atoms with Gasteiger partial charge in [0, 0.05) is 23.6 Å². The number of hydrogen-bond acceptors (Lipinski definition) is 3. The van der Waals surface area contributed by atoms with Gasteiger partial charge in [-0.05, 0) is 12.1 Å². The number of hydrogen-bond donors (Lipinski definition) is 1. The Morgan fingerprint density at radius 3 is 2.73 bits per heavy atom. The first-order valence-electron chi connectivity index (χ1n) is 6.56. The second-order valence-corrected chi connectivity index (χ2v) is 5.60. The fraction of sp³-hybridized carbons (Fsp3) is 0.500. The second kappa shape index (κ2) is 5.96. The summed E-state index contributed by atoms with van der Waals surface area (Å²) in [6.45, 7) is -0.913. The third-order valence-electron chi connectivity index (χ3n) is 3.75. The average molecular weight is 338 g/mol. The molecule has 22 heavy (non-hydrogen) atoms. The SMILES string of the molecule is COc1cccc(Cl)c1CC(=O)N1CCC(O)(C(F)(F)F)C1. The molecule has 0 saturated carbocycles. The van der Waals surface area contributed by atoms with Crippen molar-refractivity contribution in [3.63, 3.8) is 0 Å². The van der Waals surface area contributed by atoms with Crippen molar-refractivity contribution in [1.82, 2.24) is 4.90 Å². The molecule has 1 N–H and O–H groups in total. The van der Waals surface area contributed by atoms with Gasteiger partial charge in [-0.3, -0.25) is 4.79 Å². The highest BCUT2D eigenvalue weighted by Crippen LogP contribution is 2.38. The Labute approximate surface area is 130 Å². The van der Waals surface area contributed by atoms with Gasteiger partial charge in [-0.25, -0.2) is 0 Å². The van der Waals surface area contributed by atoms with E-state index in [-0.39, 0.29) is 13.0 Å². The number of carbonyl (C=O) groups excluding carboxylic acids is 1. The molecule has 1 aromatic carbocycles. The molecule has 1 fully saturated rings. The average Bonchev–Trinajstić information content (AvgIpc) is 2.84. The Morgan fingerprint density at radius 1 is 1.50 bits per heavy atom. The molecular formula is C14H15ClF3NO3. The van der Waals surface area contributed by atoms with Gasteiger partial charge in [0.15, 0.2) is 5.60 Å². The maximum atomic E-state index is 12.8. The van der Waals surface area contributed by atoms with Gasteiger partial charge in [0.1, 0.15) is 5.75 Å². The standard InChI is InChI=1S/C14H15ClF3NO3/c1-22-11-4-2-3-10(15)9(11)7-12(20)19-6-5-13(21,8-19)14(16,17)18/h2-4,21H,5-8H2,1H3. The Morgan fingerprint density at radius 2 is 2.18 bits per heavy atom. The third kappa shape index (κ3) is 3.15. The zero-order chi connectivity index (χ0) is 16.5. The molecule has 2 rings (SSSR count). The molecule has 1 aromatic rings. The van der Waals surface area contributed by atoms with Crippen LogP contribution in [0.3, 0.4) is 0 Å². The van der Waals surface area contributed by atoms with E-state index < -0.39 is 30.7 Å². The van der Waals surface area contributed by atoms with E-state index in [9.17, 15) is 23.1 Å². The van der Waals surface area contributed by atoms with Crippen LogP contribution in [-0.2, 0) is 11.2 Å². The first-order chi connectivity index (χ1) is 10.2. The number of likely N-dealkylation sites (tertiary alicyclic amines) is 1. The maximum absolute atomic E-state index is 12.8. The van der Waals surface area contributed by atoms with Crippen molar-refractivity contribution < 1.29 is 27.8 Å². The lowest BCUT2D eigenvalue weighted by Crippen LogP contribution is -2.48. The number of ether oxygens (including phenoxy) is 1. The number of rotatable bonds is 3. The lowest BCUT2D eigenvalue weighted by Gasteiger charge is -2.26. The van der Waals surface area contributed by atoms with Crippen molar-refractivity contribution in [2.45, 2.75) is 24.6 Å². The Kier molecular flexibility index (Phi) is 4.58. The van der Waals surface area contributed by atoms with E-state index in [1.807, 2.05) is 0 Å². The zero-order valence-electron chi connectivity index (χ0n) is 11.8. The van der Waals surface area contributed by atoms with E-state index in [1.54, 1.807) is 18.2 Å². The predicted octanol–water partition coefficient (Wildman–Crippen LogP) is 2.42. The summed E-state index contributed by atoms with van der Waals surface area (Å²) in [6.07, 6.45) is -5.47. The summed E-state index contributed by atoms with van der Waals surface area (Å²) in [5.74, 6) is -0.141. The van der Waals surface area contributed by atoms with Crippen LogP contribution in [0.5, 0.6) is 5.75 Å². The summed E-state index contributed by atoms with van der Waals surface area (Å²) in [5.41, 5.74) is -2.42. The monoisotopic (exact) mass is 337 g/mol. The molecule has 1 unspecified atom stereocenters. The maximum Gasteiger partial charge on any atom is 0.419 e. The van der Waals surface area contributed by atoms with Gasteiger partial charge in [0.2, 0.25) is 5.91 Å². The molecule has 0 aromatic heterocycles. The van der Waals surface area contributed by atoms with Crippen molar-refractivity contribution in [2.24, 2.45) is 0 Å². The number of nitrogens with zero attached hydrogens (tertiary/aromatic N) is 1. The molecule has 1 amide bonds. The summed E-state index contributed by atoms with van der Waals surface area (Å²) in [6, 6.07) is 4.83. The number of benzene rings is 1. The van der Waals surface area contributed by atoms with Crippen LogP contribution in [-0.4, -0.2) is 47.9 Å². The molecule has 1 saturated heterocycles. The van der Waals surface area contributed by atoms with E-state index in [4.69, 9.17) is 16.3 Å². The Balaban J connectivity index is 2.12. The molecule has 8 heteroatoms. The minimum atomic E-state index is -4.76. The fourth-order valence-electron chi connectivity index (χ4n) is 2.40. The minimum absolute atomic E-state index is 0.151. The first-order valence-corrected chi connectivity index (χ1v) is 6.94. The van der Waals surface area contributed by atoms with Crippen LogP contribution in [0.4, 0.5) is 13.2 Å². The highest BCUT2D eigenvalue weighted by atomic mass is 35.5. The second-order valence-electron chi connectivity index (χ2n) is 5.19. The largest absolute Gasteiger partial charge is 0.496 e. The van der Waals surface area contributed by atoms with Gasteiger partial charge in [0.05, 0.1) is 20.1 Å². The molecule has 0 radical (unpaired) electrons. The quantitative estimate of drug-likeness (QED) is 0.921. The van der Waals surface area contributed by atoms with E-state index in [2.05, 4.69) is 0 Å². The van der Waals surface area contributed by atoms with Gasteiger partial charge < -0.3 is 14.7 Å². The molecule has 1 atom stereocenters. The van der Waals surface area contributed by atoms with Crippen LogP contribution < -0.4 is 4.74 Å². The van der Waals surface area contributed by atoms with Crippen LogP contribution in [0.15, 0.2) is 18.2 Å². The lowest BCUT2D eigenvalue weighted by molar-refractivity contribution is -0.253. The van der Waals surface area contributed by atoms with Crippen LogP contribution in [0.1, 0.15) is 12.0 Å². The third-order valence-corrected chi connectivity index (χ3v) is 4.11. The van der Waals surface area contributed by atoms with Crippen LogP contribution in [0.25, 0.3) is 0 Å². The van der Waals surface area contributed by atoms with Gasteiger partial charge in [0.25, 0.3) is 0 Å². The van der Waals surface area contributed by atoms with Crippen molar-refractivity contribution >= 4 is 17.5 Å². The topological polar surface area (TPSA) is 49.8 Å². The number of methoxy groups -OCH3 is 1. The molecular weight excluding hydrogens is 323 g/mol. The molecule has 1 heterocycles. The molecule has 1 aliphatic rings. The van der Waals surface area contributed by atoms with Gasteiger partial charge in [-0.1, -0.05) is 17.7 Å². The van der Waals surface area contributed by atoms with Crippen molar-refractivity contribution in [1.29, 1.82) is 0 Å². The first kappa shape index (κ1) is 16.9. The van der Waals surface area contributed by atoms with Crippen molar-refractivity contribution in [3.8, 4) is 5.75 Å². The van der Waals surface area contributed by atoms with Crippen LogP contribution in [0.2, 0.25) is 5.02 Å². The smallest absolute Gasteiger partial charge is 0.419 e. The van der Waals surface area contributed by atoms with E-state index >= 15 is 0 Å². The van der Waals surface area contributed by atoms with Gasteiger partial charge in [-0.15, -0.1) is 0 Å². The van der Waals surface area contributed by atoms with Crippen molar-refractivity contribution in [2.75, 3.05) is 20.2 Å². The molecule has 122 valence electrons. The number of β-amino-alcohol motifs (C(OH)–C–C–N with tert-alkyl or cyclic N) is 1. The summed E-state index contributed by atoms with van der Waals surface area (Å²) in [7, 11) is 1.41. The highest BCUT2D eigenvalue weighted by molar-refractivity contribution is 6.31. The molecule has 4 nitrogen and oxygen atoms in total. The molecule has 0 spiro atoms. The number of amides is 1. The van der Waals surface area contributed by atoms with E-state index in [0.717, 1.165) is 4.90 Å². The van der Waals surface area contributed by atoms with Crippen LogP contribution >= 0.6 is 11.6 Å². The number of halogens is 4. The number of aliphatic hydroxyl groups is 1. The minimum Gasteiger partial charge on any atom is -0.496 e. The normalized spacial score (nSPS) is 22.0. The van der Waals surface area contributed by atoms with Gasteiger partial charge >= 0.3 is 6.18 Å². The number of alkyl halides is 3. The fourth-order valence-corrected chi connectivity index (χ4v) is 2.64. The summed E-state index contributed by atoms with van der Waals surface area (Å²) in [4.78, 5) is 13.2. The summed E-state index contributed by atoms with van der Waals surface area (Å²) in [5, 5.41) is 9.90. The zero-order valence-corrected chi connectivity index (χ0v) is 12.5. The van der Waals surface area contributed by atoms with E-state index in [1.165, 1.54) is 7.11 Å². The lowest BCUT2D eigenvalue weighted by atomic mass is 10.0. The van der Waals surface area contributed by atoms with Crippen LogP contribution in [0, 0.1) is 0 Å². The highest BCUT2D eigenvalue weighted by Gasteiger charge is 2.57. The number of carbonyl (C=O) groups is 1. The molecule has 1 aliphatic heterocycles. The van der Waals surface area contributed by atoms with Gasteiger partial charge in [-0.2, -0.15) is 13.2 Å². The van der Waals surface area contributed by atoms with Crippen molar-refractivity contribution in [3.05, 3.63) is 28.8 Å². The molecule has 0 bridgehead atoms. The molecule has 0 aliphatic carbocycles.